The van der Waals surface area contributed by atoms with Gasteiger partial charge in [0.2, 0.25) is 0 Å². The van der Waals surface area contributed by atoms with E-state index in [0.29, 0.717) is 12.6 Å². The molecule has 0 radical (unpaired) electrons. The van der Waals surface area contributed by atoms with Gasteiger partial charge in [-0.2, -0.15) is 0 Å². The Morgan fingerprint density at radius 1 is 1.41 bits per heavy atom. The monoisotopic (exact) mass is 428 g/mol. The van der Waals surface area contributed by atoms with Gasteiger partial charge in [0.1, 0.15) is 0 Å². The Hall–Kier alpha value is -0.120. The van der Waals surface area contributed by atoms with Crippen LogP contribution in [0.4, 0.5) is 0 Å². The molecule has 1 aliphatic rings. The van der Waals surface area contributed by atoms with Gasteiger partial charge in [0, 0.05) is 51.4 Å². The highest BCUT2D eigenvalue weighted by Gasteiger charge is 2.34. The maximum atomic E-state index is 9.23. The number of nitrogens with zero attached hydrogens (tertiary/aromatic N) is 2. The predicted octanol–water partition coefficient (Wildman–Crippen LogP) is 0.899. The number of hydrogen-bond acceptors (Lipinski definition) is 4. The summed E-state index contributed by atoms with van der Waals surface area (Å²) in [5.74, 6) is 0.816. The van der Waals surface area contributed by atoms with Crippen molar-refractivity contribution >= 4 is 29.9 Å². The highest BCUT2D eigenvalue weighted by Crippen LogP contribution is 2.31. The largest absolute Gasteiger partial charge is 0.396 e. The van der Waals surface area contributed by atoms with Gasteiger partial charge < -0.3 is 25.4 Å². The van der Waals surface area contributed by atoms with Crippen molar-refractivity contribution in [1.29, 1.82) is 0 Å². The van der Waals surface area contributed by atoms with Crippen molar-refractivity contribution in [1.82, 2.24) is 15.5 Å². The number of nitrogens with one attached hydrogen (secondary N) is 2. The van der Waals surface area contributed by atoms with Crippen LogP contribution in [-0.4, -0.2) is 75.6 Å². The van der Waals surface area contributed by atoms with Crippen molar-refractivity contribution in [3.8, 4) is 0 Å². The maximum Gasteiger partial charge on any atom is 0.191 e. The zero-order valence-electron chi connectivity index (χ0n) is 14.4. The fraction of sp³-hybridized carbons (Fsp3) is 0.933. The van der Waals surface area contributed by atoms with Crippen LogP contribution in [0.3, 0.4) is 0 Å². The van der Waals surface area contributed by atoms with Gasteiger partial charge in [0.25, 0.3) is 0 Å². The molecule has 3 N–H and O–H groups in total. The van der Waals surface area contributed by atoms with Gasteiger partial charge in [-0.3, -0.25) is 4.99 Å². The molecule has 0 saturated carbocycles. The van der Waals surface area contributed by atoms with Gasteiger partial charge in [-0.05, 0) is 33.7 Å². The minimum Gasteiger partial charge on any atom is -0.396 e. The minimum atomic E-state index is 0. The summed E-state index contributed by atoms with van der Waals surface area (Å²) >= 11 is 0. The number of aliphatic imine (C=N–C) groups is 1. The summed E-state index contributed by atoms with van der Waals surface area (Å²) in [6.07, 6.45) is 1.76. The lowest BCUT2D eigenvalue weighted by Crippen LogP contribution is -2.46. The average molecular weight is 428 g/mol. The number of hydrogen-bond donors (Lipinski definition) is 3. The molecule has 1 rings (SSSR count). The van der Waals surface area contributed by atoms with Crippen molar-refractivity contribution in [2.45, 2.75) is 32.7 Å². The van der Waals surface area contributed by atoms with Crippen LogP contribution in [0, 0.1) is 5.41 Å². The highest BCUT2D eigenvalue weighted by atomic mass is 127. The molecule has 0 aliphatic carbocycles. The first-order valence-corrected chi connectivity index (χ1v) is 7.86. The Balaban J connectivity index is 0.00000441. The van der Waals surface area contributed by atoms with Crippen LogP contribution in [0.5, 0.6) is 0 Å². The molecule has 0 bridgehead atoms. The van der Waals surface area contributed by atoms with Crippen LogP contribution in [0.1, 0.15) is 26.7 Å². The summed E-state index contributed by atoms with van der Waals surface area (Å²) in [7, 11) is 3.90. The van der Waals surface area contributed by atoms with E-state index in [1.165, 1.54) is 0 Å². The van der Waals surface area contributed by atoms with Gasteiger partial charge in [-0.25, -0.2) is 0 Å². The Labute approximate surface area is 152 Å². The second-order valence-electron chi connectivity index (χ2n) is 6.20. The fourth-order valence-electron chi connectivity index (χ4n) is 2.41. The molecule has 1 fully saturated rings. The van der Waals surface area contributed by atoms with Gasteiger partial charge in [-0.1, -0.05) is 0 Å². The zero-order chi connectivity index (χ0) is 15.7. The molecule has 1 heterocycles. The van der Waals surface area contributed by atoms with E-state index in [1.54, 1.807) is 7.05 Å². The number of aliphatic hydroxyl groups excluding tert-OH is 1. The second-order valence-corrected chi connectivity index (χ2v) is 6.20. The Kier molecular flexibility index (Phi) is 11.4. The molecule has 1 saturated heterocycles. The van der Waals surface area contributed by atoms with Crippen molar-refractivity contribution in [2.24, 2.45) is 10.4 Å². The van der Waals surface area contributed by atoms with Crippen LogP contribution in [0.15, 0.2) is 4.99 Å². The number of ether oxygens (including phenoxy) is 1. The smallest absolute Gasteiger partial charge is 0.191 e. The van der Waals surface area contributed by atoms with Gasteiger partial charge in [-0.15, -0.1) is 24.0 Å². The van der Waals surface area contributed by atoms with E-state index in [2.05, 4.69) is 41.4 Å². The standard InChI is InChI=1S/C15H32N4O2.HI/c1-13(2)19(4)8-7-17-14(16-3)18-11-15(5-9-20)6-10-21-12-15;/h13,20H,5-12H2,1-4H3,(H2,16,17,18);1H. The summed E-state index contributed by atoms with van der Waals surface area (Å²) in [6, 6.07) is 0.547. The lowest BCUT2D eigenvalue weighted by molar-refractivity contribution is 0.127. The number of guanidine groups is 1. The third-order valence-electron chi connectivity index (χ3n) is 4.32. The molecule has 7 heteroatoms. The second kappa shape index (κ2) is 11.4. The Morgan fingerprint density at radius 2 is 2.14 bits per heavy atom. The topological polar surface area (TPSA) is 69.1 Å². The molecule has 22 heavy (non-hydrogen) atoms. The average Bonchev–Trinajstić information content (AvgIpc) is 2.91. The quantitative estimate of drug-likeness (QED) is 0.305. The fourth-order valence-corrected chi connectivity index (χ4v) is 2.41. The molecular weight excluding hydrogens is 395 g/mol. The first-order valence-electron chi connectivity index (χ1n) is 7.86. The van der Waals surface area contributed by atoms with Gasteiger partial charge >= 0.3 is 0 Å². The van der Waals surface area contributed by atoms with E-state index in [1.807, 2.05) is 0 Å². The minimum absolute atomic E-state index is 0. The lowest BCUT2D eigenvalue weighted by Gasteiger charge is -2.28. The number of rotatable bonds is 8. The Bertz CT molecular complexity index is 321. The van der Waals surface area contributed by atoms with E-state index >= 15 is 0 Å². The van der Waals surface area contributed by atoms with Crippen molar-refractivity contribution < 1.29 is 9.84 Å². The molecule has 0 spiro atoms. The Morgan fingerprint density at radius 3 is 2.64 bits per heavy atom. The van der Waals surface area contributed by atoms with E-state index < -0.39 is 0 Å². The summed E-state index contributed by atoms with van der Waals surface area (Å²) in [5, 5.41) is 15.9. The first kappa shape index (κ1) is 21.9. The molecule has 132 valence electrons. The molecule has 0 aromatic heterocycles. The molecule has 0 aromatic carbocycles. The van der Waals surface area contributed by atoms with E-state index in [4.69, 9.17) is 4.74 Å². The lowest BCUT2D eigenvalue weighted by atomic mass is 9.84. The molecule has 1 aliphatic heterocycles. The third-order valence-corrected chi connectivity index (χ3v) is 4.32. The number of aliphatic hydroxyl groups is 1. The van der Waals surface area contributed by atoms with E-state index in [-0.39, 0.29) is 36.0 Å². The summed E-state index contributed by atoms with van der Waals surface area (Å²) in [5.41, 5.74) is 0.0428. The predicted molar refractivity (Wildman–Crippen MR) is 102 cm³/mol. The third kappa shape index (κ3) is 7.43. The number of likely N-dealkylation sites (N-methyl/N-ethyl adjacent to an activating group) is 1. The van der Waals surface area contributed by atoms with Crippen LogP contribution < -0.4 is 10.6 Å². The van der Waals surface area contributed by atoms with Crippen molar-refractivity contribution in [3.63, 3.8) is 0 Å². The zero-order valence-corrected chi connectivity index (χ0v) is 16.7. The molecular formula is C15H33IN4O2. The SMILES string of the molecule is CN=C(NCCN(C)C(C)C)NCC1(CCO)CCOC1.I. The van der Waals surface area contributed by atoms with Crippen LogP contribution in [-0.2, 0) is 4.74 Å². The van der Waals surface area contributed by atoms with Crippen LogP contribution in [0.2, 0.25) is 0 Å². The van der Waals surface area contributed by atoms with E-state index in [0.717, 1.165) is 45.0 Å². The van der Waals surface area contributed by atoms with Crippen LogP contribution in [0.25, 0.3) is 0 Å². The summed E-state index contributed by atoms with van der Waals surface area (Å²) in [4.78, 5) is 6.54. The van der Waals surface area contributed by atoms with E-state index in [9.17, 15) is 5.11 Å². The van der Waals surface area contributed by atoms with Crippen molar-refractivity contribution in [2.75, 3.05) is 53.6 Å². The molecule has 6 nitrogen and oxygen atoms in total. The van der Waals surface area contributed by atoms with Crippen molar-refractivity contribution in [3.05, 3.63) is 0 Å². The van der Waals surface area contributed by atoms with Gasteiger partial charge in [0.15, 0.2) is 5.96 Å². The number of halogens is 1. The summed E-state index contributed by atoms with van der Waals surface area (Å²) in [6.45, 7) is 8.70. The molecule has 1 unspecified atom stereocenters. The normalized spacial score (nSPS) is 22.0. The van der Waals surface area contributed by atoms with Gasteiger partial charge in [0.05, 0.1) is 6.61 Å². The highest BCUT2D eigenvalue weighted by molar-refractivity contribution is 14.0. The first-order chi connectivity index (χ1) is 10.0. The molecule has 0 amide bonds. The molecule has 1 atom stereocenters. The maximum absolute atomic E-state index is 9.23. The molecule has 0 aromatic rings. The van der Waals surface area contributed by atoms with Crippen LogP contribution >= 0.6 is 24.0 Å². The summed E-state index contributed by atoms with van der Waals surface area (Å²) < 4.78 is 5.50.